The van der Waals surface area contributed by atoms with E-state index in [9.17, 15) is 0 Å². The molecule has 0 aliphatic heterocycles. The van der Waals surface area contributed by atoms with Gasteiger partial charge in [0.15, 0.2) is 0 Å². The number of rotatable bonds is 3. The van der Waals surface area contributed by atoms with E-state index < -0.39 is 0 Å². The van der Waals surface area contributed by atoms with Crippen LogP contribution in [-0.2, 0) is 0 Å². The molecule has 0 radical (unpaired) electrons. The van der Waals surface area contributed by atoms with Crippen LogP contribution in [0.4, 0.5) is 11.4 Å². The number of fused-ring (bicyclic) bond motifs is 1. The molecule has 1 N–H and O–H groups in total. The standard InChI is InChI=1S/C14H15N5/c1-10(2)11-5-3-6-12(9-11)15-13-7-4-8-19-14(13)16-17-18-19/h3-10,15H,1-2H3. The van der Waals surface area contributed by atoms with E-state index in [1.807, 2.05) is 24.4 Å². The molecule has 0 unspecified atom stereocenters. The minimum absolute atomic E-state index is 0.507. The van der Waals surface area contributed by atoms with Crippen molar-refractivity contribution >= 4 is 17.0 Å². The van der Waals surface area contributed by atoms with Crippen molar-refractivity contribution in [1.82, 2.24) is 20.0 Å². The first kappa shape index (κ1) is 11.6. The lowest BCUT2D eigenvalue weighted by molar-refractivity contribution is 0.823. The van der Waals surface area contributed by atoms with Crippen molar-refractivity contribution in [2.45, 2.75) is 19.8 Å². The largest absolute Gasteiger partial charge is 0.352 e. The number of hydrogen-bond donors (Lipinski definition) is 1. The van der Waals surface area contributed by atoms with Gasteiger partial charge in [-0.05, 0) is 46.2 Å². The lowest BCUT2D eigenvalue weighted by Crippen LogP contribution is -1.96. The van der Waals surface area contributed by atoms with Crippen molar-refractivity contribution in [2.24, 2.45) is 0 Å². The SMILES string of the molecule is CC(C)c1cccc(Nc2cccn3nnnc23)c1. The third kappa shape index (κ3) is 2.27. The lowest BCUT2D eigenvalue weighted by atomic mass is 10.0. The Morgan fingerprint density at radius 2 is 2.05 bits per heavy atom. The average molecular weight is 253 g/mol. The maximum absolute atomic E-state index is 4.01. The number of benzene rings is 1. The van der Waals surface area contributed by atoms with E-state index in [0.717, 1.165) is 17.0 Å². The van der Waals surface area contributed by atoms with Gasteiger partial charge >= 0.3 is 0 Å². The van der Waals surface area contributed by atoms with Crippen LogP contribution in [0.3, 0.4) is 0 Å². The van der Waals surface area contributed by atoms with Gasteiger partial charge in [-0.1, -0.05) is 26.0 Å². The second-order valence-electron chi connectivity index (χ2n) is 4.77. The summed E-state index contributed by atoms with van der Waals surface area (Å²) in [5.41, 5.74) is 3.96. The molecule has 0 bridgehead atoms. The molecule has 0 aliphatic rings. The minimum Gasteiger partial charge on any atom is -0.352 e. The highest BCUT2D eigenvalue weighted by Crippen LogP contribution is 2.23. The van der Waals surface area contributed by atoms with Crippen LogP contribution < -0.4 is 5.32 Å². The van der Waals surface area contributed by atoms with Gasteiger partial charge < -0.3 is 5.32 Å². The predicted octanol–water partition coefficient (Wildman–Crippen LogP) is 2.99. The van der Waals surface area contributed by atoms with Crippen LogP contribution in [0.15, 0.2) is 42.6 Å². The van der Waals surface area contributed by atoms with Crippen molar-refractivity contribution in [3.05, 3.63) is 48.2 Å². The number of nitrogens with one attached hydrogen (secondary N) is 1. The number of tetrazole rings is 1. The van der Waals surface area contributed by atoms with Gasteiger partial charge in [0.25, 0.3) is 0 Å². The molecule has 96 valence electrons. The summed E-state index contributed by atoms with van der Waals surface area (Å²) < 4.78 is 1.65. The molecular formula is C14H15N5. The van der Waals surface area contributed by atoms with Crippen molar-refractivity contribution in [3.63, 3.8) is 0 Å². The first-order valence-corrected chi connectivity index (χ1v) is 6.28. The summed E-state index contributed by atoms with van der Waals surface area (Å²) >= 11 is 0. The van der Waals surface area contributed by atoms with Gasteiger partial charge in [0, 0.05) is 11.9 Å². The van der Waals surface area contributed by atoms with E-state index in [0.29, 0.717) is 5.92 Å². The monoisotopic (exact) mass is 253 g/mol. The van der Waals surface area contributed by atoms with Crippen molar-refractivity contribution in [3.8, 4) is 0 Å². The van der Waals surface area contributed by atoms with Gasteiger partial charge in [0.05, 0.1) is 5.69 Å². The number of nitrogens with zero attached hydrogens (tertiary/aromatic N) is 4. The molecule has 0 aliphatic carbocycles. The maximum atomic E-state index is 4.01. The fourth-order valence-corrected chi connectivity index (χ4v) is 2.00. The maximum Gasteiger partial charge on any atom is 0.202 e. The van der Waals surface area contributed by atoms with E-state index >= 15 is 0 Å². The molecule has 2 aromatic heterocycles. The Balaban J connectivity index is 1.97. The molecule has 0 saturated carbocycles. The van der Waals surface area contributed by atoms with Gasteiger partial charge in [-0.15, -0.1) is 5.10 Å². The molecule has 0 spiro atoms. The number of hydrogen-bond acceptors (Lipinski definition) is 4. The molecule has 0 saturated heterocycles. The van der Waals surface area contributed by atoms with E-state index in [1.54, 1.807) is 4.52 Å². The Hall–Kier alpha value is -2.43. The predicted molar refractivity (Wildman–Crippen MR) is 74.6 cm³/mol. The van der Waals surface area contributed by atoms with Gasteiger partial charge in [-0.2, -0.15) is 4.52 Å². The van der Waals surface area contributed by atoms with E-state index in [4.69, 9.17) is 0 Å². The van der Waals surface area contributed by atoms with Gasteiger partial charge in [0.1, 0.15) is 0 Å². The number of pyridine rings is 1. The molecule has 3 aromatic rings. The van der Waals surface area contributed by atoms with E-state index in [-0.39, 0.29) is 0 Å². The summed E-state index contributed by atoms with van der Waals surface area (Å²) in [5, 5.41) is 14.9. The second-order valence-corrected chi connectivity index (χ2v) is 4.77. The highest BCUT2D eigenvalue weighted by Gasteiger charge is 2.05. The first-order chi connectivity index (χ1) is 9.24. The fraction of sp³-hybridized carbons (Fsp3) is 0.214. The molecule has 0 amide bonds. The Bertz CT molecular complexity index is 702. The molecular weight excluding hydrogens is 238 g/mol. The number of anilines is 2. The molecule has 0 fully saturated rings. The van der Waals surface area contributed by atoms with Crippen LogP contribution in [0.25, 0.3) is 5.65 Å². The highest BCUT2D eigenvalue weighted by atomic mass is 15.5. The third-order valence-electron chi connectivity index (χ3n) is 3.06. The molecule has 0 atom stereocenters. The van der Waals surface area contributed by atoms with Crippen LogP contribution in [-0.4, -0.2) is 20.0 Å². The van der Waals surface area contributed by atoms with Crippen LogP contribution in [0.1, 0.15) is 25.3 Å². The van der Waals surface area contributed by atoms with Crippen LogP contribution in [0.2, 0.25) is 0 Å². The minimum atomic E-state index is 0.507. The van der Waals surface area contributed by atoms with Crippen molar-refractivity contribution in [2.75, 3.05) is 5.32 Å². The van der Waals surface area contributed by atoms with Gasteiger partial charge in [0.2, 0.25) is 5.65 Å². The molecule has 19 heavy (non-hydrogen) atoms. The molecule has 3 rings (SSSR count). The first-order valence-electron chi connectivity index (χ1n) is 6.28. The molecule has 1 aromatic carbocycles. The Kier molecular flexibility index (Phi) is 2.87. The zero-order valence-electron chi connectivity index (χ0n) is 10.9. The summed E-state index contributed by atoms with van der Waals surface area (Å²) in [4.78, 5) is 0. The van der Waals surface area contributed by atoms with E-state index in [2.05, 4.69) is 52.9 Å². The zero-order valence-corrected chi connectivity index (χ0v) is 10.9. The topological polar surface area (TPSA) is 55.1 Å². The van der Waals surface area contributed by atoms with Crippen LogP contribution >= 0.6 is 0 Å². The molecule has 5 heteroatoms. The zero-order chi connectivity index (χ0) is 13.2. The molecule has 2 heterocycles. The summed E-state index contributed by atoms with van der Waals surface area (Å²) in [5.74, 6) is 0.507. The summed E-state index contributed by atoms with van der Waals surface area (Å²) in [6.45, 7) is 4.37. The average Bonchev–Trinajstić information content (AvgIpc) is 2.88. The van der Waals surface area contributed by atoms with Crippen LogP contribution in [0.5, 0.6) is 0 Å². The van der Waals surface area contributed by atoms with E-state index in [1.165, 1.54) is 5.56 Å². The quantitative estimate of drug-likeness (QED) is 0.779. The molecule has 5 nitrogen and oxygen atoms in total. The van der Waals surface area contributed by atoms with Gasteiger partial charge in [-0.25, -0.2) is 0 Å². The summed E-state index contributed by atoms with van der Waals surface area (Å²) in [6, 6.07) is 12.3. The highest BCUT2D eigenvalue weighted by molar-refractivity contribution is 5.73. The normalized spacial score (nSPS) is 11.1. The number of aromatic nitrogens is 4. The smallest absolute Gasteiger partial charge is 0.202 e. The Labute approximate surface area is 111 Å². The van der Waals surface area contributed by atoms with Crippen molar-refractivity contribution < 1.29 is 0 Å². The lowest BCUT2D eigenvalue weighted by Gasteiger charge is -2.10. The van der Waals surface area contributed by atoms with Gasteiger partial charge in [-0.3, -0.25) is 0 Å². The summed E-state index contributed by atoms with van der Waals surface area (Å²) in [7, 11) is 0. The summed E-state index contributed by atoms with van der Waals surface area (Å²) in [6.07, 6.45) is 1.82. The van der Waals surface area contributed by atoms with Crippen molar-refractivity contribution in [1.29, 1.82) is 0 Å². The fourth-order valence-electron chi connectivity index (χ4n) is 2.00. The Morgan fingerprint density at radius 1 is 1.16 bits per heavy atom. The second kappa shape index (κ2) is 4.68. The Morgan fingerprint density at radius 3 is 2.89 bits per heavy atom. The third-order valence-corrected chi connectivity index (χ3v) is 3.06. The van der Waals surface area contributed by atoms with Crippen LogP contribution in [0, 0.1) is 0 Å².